The normalized spacial score (nSPS) is 18.4. The average molecular weight is 283 g/mol. The van der Waals surface area contributed by atoms with Gasteiger partial charge < -0.3 is 10.2 Å². The Bertz CT molecular complexity index is 516. The van der Waals surface area contributed by atoms with Gasteiger partial charge in [0.25, 0.3) is 0 Å². The largest absolute Gasteiger partial charge is 0.344 e. The van der Waals surface area contributed by atoms with E-state index in [1.54, 1.807) is 11.9 Å². The molecule has 20 heavy (non-hydrogen) atoms. The second-order valence-corrected chi connectivity index (χ2v) is 4.63. The number of anilines is 1. The summed E-state index contributed by atoms with van der Waals surface area (Å²) in [4.78, 5) is 24.8. The number of hydrogen-bond acceptors (Lipinski definition) is 3. The van der Waals surface area contributed by atoms with Gasteiger partial charge in [-0.05, 0) is 18.6 Å². The molecule has 2 amide bonds. The van der Waals surface area contributed by atoms with Crippen molar-refractivity contribution in [2.45, 2.75) is 12.5 Å². The molecule has 108 valence electrons. The average Bonchev–Trinajstić information content (AvgIpc) is 2.72. The third kappa shape index (κ3) is 3.11. The molecule has 1 fully saturated rings. The van der Waals surface area contributed by atoms with Crippen molar-refractivity contribution in [2.24, 2.45) is 0 Å². The van der Waals surface area contributed by atoms with Crippen LogP contribution < -0.4 is 10.6 Å². The van der Waals surface area contributed by atoms with Crippen LogP contribution in [-0.2, 0) is 9.59 Å². The van der Waals surface area contributed by atoms with Crippen molar-refractivity contribution in [3.05, 3.63) is 29.8 Å². The van der Waals surface area contributed by atoms with Crippen LogP contribution in [0.15, 0.2) is 18.2 Å². The lowest BCUT2D eigenvalue weighted by Crippen LogP contribution is -2.41. The number of nitrogens with zero attached hydrogens (tertiary/aromatic N) is 1. The van der Waals surface area contributed by atoms with E-state index in [4.69, 9.17) is 0 Å². The predicted molar refractivity (Wildman–Crippen MR) is 69.0 cm³/mol. The van der Waals surface area contributed by atoms with Crippen molar-refractivity contribution in [1.29, 1.82) is 0 Å². The van der Waals surface area contributed by atoms with Crippen LogP contribution in [0.3, 0.4) is 0 Å². The van der Waals surface area contributed by atoms with Crippen molar-refractivity contribution < 1.29 is 18.4 Å². The number of nitrogens with one attached hydrogen (secondary N) is 2. The van der Waals surface area contributed by atoms with E-state index in [0.717, 1.165) is 12.1 Å². The Morgan fingerprint density at radius 3 is 2.60 bits per heavy atom. The lowest BCUT2D eigenvalue weighted by molar-refractivity contribution is -0.128. The lowest BCUT2D eigenvalue weighted by atomic mass is 10.2. The Balaban J connectivity index is 1.89. The first kappa shape index (κ1) is 14.4. The highest BCUT2D eigenvalue weighted by Gasteiger charge is 2.28. The van der Waals surface area contributed by atoms with E-state index in [9.17, 15) is 18.4 Å². The van der Waals surface area contributed by atoms with E-state index < -0.39 is 29.3 Å². The molecule has 2 rings (SSSR count). The number of hydrogen-bond donors (Lipinski definition) is 2. The van der Waals surface area contributed by atoms with Crippen LogP contribution in [0.4, 0.5) is 14.5 Å². The minimum Gasteiger partial charge on any atom is -0.344 e. The third-order valence-corrected chi connectivity index (χ3v) is 3.16. The molecular weight excluding hydrogens is 268 g/mol. The van der Waals surface area contributed by atoms with E-state index in [1.807, 2.05) is 0 Å². The number of rotatable bonds is 4. The molecular formula is C13H15F2N3O2. The summed E-state index contributed by atoms with van der Waals surface area (Å²) in [6.07, 6.45) is 0.608. The van der Waals surface area contributed by atoms with Crippen molar-refractivity contribution >= 4 is 17.5 Å². The number of likely N-dealkylation sites (N-methyl/N-ethyl adjacent to an activating group) is 1. The van der Waals surface area contributed by atoms with Crippen LogP contribution in [-0.4, -0.2) is 42.9 Å². The van der Waals surface area contributed by atoms with E-state index in [0.29, 0.717) is 13.0 Å². The quantitative estimate of drug-likeness (QED) is 0.856. The molecule has 0 saturated carbocycles. The van der Waals surface area contributed by atoms with E-state index in [2.05, 4.69) is 10.6 Å². The molecule has 1 aliphatic heterocycles. The predicted octanol–water partition coefficient (Wildman–Crippen LogP) is 0.724. The molecule has 7 heteroatoms. The van der Waals surface area contributed by atoms with Crippen molar-refractivity contribution in [2.75, 3.05) is 25.5 Å². The van der Waals surface area contributed by atoms with Crippen LogP contribution >= 0.6 is 0 Å². The molecule has 0 spiro atoms. The van der Waals surface area contributed by atoms with Crippen molar-refractivity contribution in [3.8, 4) is 0 Å². The second kappa shape index (κ2) is 5.96. The summed E-state index contributed by atoms with van der Waals surface area (Å²) in [5, 5.41) is 4.92. The van der Waals surface area contributed by atoms with Gasteiger partial charge in [0.1, 0.15) is 17.3 Å². The number of carbonyl (C=O) groups excluding carboxylic acids is 2. The first-order valence-electron chi connectivity index (χ1n) is 6.21. The van der Waals surface area contributed by atoms with E-state index in [-0.39, 0.29) is 12.5 Å². The molecule has 0 aromatic heterocycles. The Hall–Kier alpha value is -2.02. The maximum atomic E-state index is 13.3. The van der Waals surface area contributed by atoms with Gasteiger partial charge in [-0.1, -0.05) is 6.07 Å². The van der Waals surface area contributed by atoms with Crippen LogP contribution in [0.1, 0.15) is 6.42 Å². The fourth-order valence-corrected chi connectivity index (χ4v) is 2.03. The second-order valence-electron chi connectivity index (χ2n) is 4.63. The zero-order valence-corrected chi connectivity index (χ0v) is 11.0. The summed E-state index contributed by atoms with van der Waals surface area (Å²) in [6, 6.07) is 2.91. The smallest absolute Gasteiger partial charge is 0.239 e. The highest BCUT2D eigenvalue weighted by molar-refractivity contribution is 5.93. The van der Waals surface area contributed by atoms with Gasteiger partial charge in [-0.3, -0.25) is 14.9 Å². The van der Waals surface area contributed by atoms with Crippen molar-refractivity contribution in [3.63, 3.8) is 0 Å². The summed E-state index contributed by atoms with van der Waals surface area (Å²) in [5.41, 5.74) is -0.478. The number of carbonyl (C=O) groups is 2. The molecule has 1 aromatic rings. The Labute approximate surface area is 114 Å². The standard InChI is InChI=1S/C13H15F2N3O2/c1-18-6-5-10(13(18)20)16-7-11(19)17-12-8(14)3-2-4-9(12)15/h2-4,10,16H,5-7H2,1H3,(H,17,19). The summed E-state index contributed by atoms with van der Waals surface area (Å²) in [7, 11) is 1.68. The van der Waals surface area contributed by atoms with Crippen LogP contribution in [0.5, 0.6) is 0 Å². The molecule has 1 atom stereocenters. The van der Waals surface area contributed by atoms with Gasteiger partial charge >= 0.3 is 0 Å². The first-order valence-corrected chi connectivity index (χ1v) is 6.21. The first-order chi connectivity index (χ1) is 9.49. The summed E-state index contributed by atoms with van der Waals surface area (Å²) in [5.74, 6) is -2.36. The fraction of sp³-hybridized carbons (Fsp3) is 0.385. The molecule has 1 aromatic carbocycles. The minimum atomic E-state index is -0.838. The van der Waals surface area contributed by atoms with Gasteiger partial charge in [0.2, 0.25) is 11.8 Å². The molecule has 1 heterocycles. The molecule has 1 unspecified atom stereocenters. The summed E-state index contributed by atoms with van der Waals surface area (Å²) in [6.45, 7) is 0.443. The molecule has 0 aliphatic carbocycles. The van der Waals surface area contributed by atoms with Gasteiger partial charge in [-0.25, -0.2) is 8.78 Å². The maximum absolute atomic E-state index is 13.3. The number of amides is 2. The summed E-state index contributed by atoms with van der Waals surface area (Å²) >= 11 is 0. The van der Waals surface area contributed by atoms with Crippen LogP contribution in [0.25, 0.3) is 0 Å². The number of benzene rings is 1. The Morgan fingerprint density at radius 2 is 2.05 bits per heavy atom. The van der Waals surface area contributed by atoms with E-state index in [1.165, 1.54) is 6.07 Å². The van der Waals surface area contributed by atoms with Gasteiger partial charge in [0.15, 0.2) is 0 Å². The highest BCUT2D eigenvalue weighted by atomic mass is 19.1. The molecule has 1 aliphatic rings. The zero-order valence-electron chi connectivity index (χ0n) is 11.0. The molecule has 5 nitrogen and oxygen atoms in total. The van der Waals surface area contributed by atoms with E-state index >= 15 is 0 Å². The minimum absolute atomic E-state index is 0.0881. The molecule has 1 saturated heterocycles. The van der Waals surface area contributed by atoms with Crippen LogP contribution in [0.2, 0.25) is 0 Å². The van der Waals surface area contributed by atoms with Gasteiger partial charge in [0, 0.05) is 13.6 Å². The molecule has 2 N–H and O–H groups in total. The SMILES string of the molecule is CN1CCC(NCC(=O)Nc2c(F)cccc2F)C1=O. The molecule has 0 bridgehead atoms. The topological polar surface area (TPSA) is 61.4 Å². The maximum Gasteiger partial charge on any atom is 0.239 e. The Morgan fingerprint density at radius 1 is 1.40 bits per heavy atom. The van der Waals surface area contributed by atoms with Gasteiger partial charge in [-0.2, -0.15) is 0 Å². The molecule has 0 radical (unpaired) electrons. The van der Waals surface area contributed by atoms with Gasteiger partial charge in [0.05, 0.1) is 12.6 Å². The number of para-hydroxylation sites is 1. The van der Waals surface area contributed by atoms with Crippen molar-refractivity contribution in [1.82, 2.24) is 10.2 Å². The highest BCUT2D eigenvalue weighted by Crippen LogP contribution is 2.17. The zero-order chi connectivity index (χ0) is 14.7. The van der Waals surface area contributed by atoms with Crippen LogP contribution in [0, 0.1) is 11.6 Å². The summed E-state index contributed by atoms with van der Waals surface area (Å²) < 4.78 is 26.7. The number of halogens is 2. The monoisotopic (exact) mass is 283 g/mol. The lowest BCUT2D eigenvalue weighted by Gasteiger charge is -2.12. The van der Waals surface area contributed by atoms with Gasteiger partial charge in [-0.15, -0.1) is 0 Å². The number of likely N-dealkylation sites (tertiary alicyclic amines) is 1. The fourth-order valence-electron chi connectivity index (χ4n) is 2.03. The Kier molecular flexibility index (Phi) is 4.29. The third-order valence-electron chi connectivity index (χ3n) is 3.16.